The number of nitrogens with one attached hydrogen (secondary N) is 2. The normalized spacial score (nSPS) is 19.0. The number of hydrogen-bond donors (Lipinski definition) is 2. The summed E-state index contributed by atoms with van der Waals surface area (Å²) in [6, 6.07) is 13.0. The predicted octanol–water partition coefficient (Wildman–Crippen LogP) is 2.75. The predicted molar refractivity (Wildman–Crippen MR) is 101 cm³/mol. The molecule has 1 aliphatic heterocycles. The van der Waals surface area contributed by atoms with Gasteiger partial charge in [0.1, 0.15) is 17.8 Å². The van der Waals surface area contributed by atoms with E-state index in [1.54, 1.807) is 55.5 Å². The maximum atomic E-state index is 12.9. The van der Waals surface area contributed by atoms with E-state index in [1.807, 2.05) is 0 Å². The Balaban J connectivity index is 1.78. The lowest BCUT2D eigenvalue weighted by atomic mass is 9.92. The van der Waals surface area contributed by atoms with Gasteiger partial charge >= 0.3 is 6.03 Å². The van der Waals surface area contributed by atoms with Crippen LogP contribution in [-0.2, 0) is 15.1 Å². The van der Waals surface area contributed by atoms with E-state index in [2.05, 4.69) is 10.6 Å². The van der Waals surface area contributed by atoms with Crippen LogP contribution in [0, 0.1) is 0 Å². The number of nitrogens with zero attached hydrogens (tertiary/aromatic N) is 1. The smallest absolute Gasteiger partial charge is 0.325 e. The molecule has 1 aliphatic rings. The van der Waals surface area contributed by atoms with E-state index in [0.29, 0.717) is 22.0 Å². The molecule has 0 radical (unpaired) electrons. The molecule has 0 unspecified atom stereocenters. The lowest BCUT2D eigenvalue weighted by molar-refractivity contribution is -0.133. The largest absolute Gasteiger partial charge is 0.495 e. The Morgan fingerprint density at radius 3 is 2.56 bits per heavy atom. The van der Waals surface area contributed by atoms with Crippen LogP contribution in [0.5, 0.6) is 5.75 Å². The van der Waals surface area contributed by atoms with Crippen molar-refractivity contribution in [1.29, 1.82) is 0 Å². The van der Waals surface area contributed by atoms with Gasteiger partial charge in [0.05, 0.1) is 12.8 Å². The molecule has 27 heavy (non-hydrogen) atoms. The van der Waals surface area contributed by atoms with Crippen LogP contribution >= 0.6 is 11.6 Å². The Bertz CT molecular complexity index is 917. The van der Waals surface area contributed by atoms with E-state index in [1.165, 1.54) is 7.11 Å². The number of ether oxygens (including phenoxy) is 1. The number of amides is 4. The fraction of sp³-hybridized carbons (Fsp3) is 0.211. The molecule has 0 saturated carbocycles. The summed E-state index contributed by atoms with van der Waals surface area (Å²) in [5.74, 6) is -0.592. The van der Waals surface area contributed by atoms with Gasteiger partial charge in [-0.05, 0) is 25.1 Å². The van der Waals surface area contributed by atoms with E-state index in [0.717, 1.165) is 4.90 Å². The quantitative estimate of drug-likeness (QED) is 0.772. The molecule has 1 fully saturated rings. The van der Waals surface area contributed by atoms with Crippen molar-refractivity contribution >= 4 is 35.1 Å². The molecule has 4 amide bonds. The Labute approximate surface area is 161 Å². The summed E-state index contributed by atoms with van der Waals surface area (Å²) in [6.07, 6.45) is 0. The lowest BCUT2D eigenvalue weighted by Crippen LogP contribution is -2.42. The van der Waals surface area contributed by atoms with Gasteiger partial charge in [-0.15, -0.1) is 0 Å². The van der Waals surface area contributed by atoms with Crippen molar-refractivity contribution in [3.63, 3.8) is 0 Å². The van der Waals surface area contributed by atoms with Crippen molar-refractivity contribution in [3.8, 4) is 5.75 Å². The number of halogens is 1. The van der Waals surface area contributed by atoms with Gasteiger partial charge in [-0.1, -0.05) is 41.9 Å². The van der Waals surface area contributed by atoms with Crippen molar-refractivity contribution in [2.45, 2.75) is 12.5 Å². The molecule has 0 spiro atoms. The van der Waals surface area contributed by atoms with Crippen LogP contribution in [0.25, 0.3) is 0 Å². The summed E-state index contributed by atoms with van der Waals surface area (Å²) in [5.41, 5.74) is -0.413. The molecule has 3 rings (SSSR count). The molecule has 0 aromatic heterocycles. The molecule has 2 N–H and O–H groups in total. The standard InChI is InChI=1S/C19H18ClN3O4/c1-19(12-7-3-4-8-13(12)20)17(25)23(18(26)22-19)11-16(24)21-14-9-5-6-10-15(14)27-2/h3-10H,11H2,1-2H3,(H,21,24)(H,22,26)/t19-/m0/s1. The Morgan fingerprint density at radius 2 is 1.85 bits per heavy atom. The minimum absolute atomic E-state index is 0.356. The number of benzene rings is 2. The second-order valence-corrected chi connectivity index (χ2v) is 6.58. The molecule has 2 aromatic carbocycles. The number of methoxy groups -OCH3 is 1. The third kappa shape index (κ3) is 3.46. The highest BCUT2D eigenvalue weighted by Gasteiger charge is 2.50. The van der Waals surface area contributed by atoms with Gasteiger partial charge in [-0.3, -0.25) is 14.5 Å². The summed E-state index contributed by atoms with van der Waals surface area (Å²) >= 11 is 6.19. The van der Waals surface area contributed by atoms with Gasteiger partial charge in [0.15, 0.2) is 0 Å². The lowest BCUT2D eigenvalue weighted by Gasteiger charge is -2.23. The van der Waals surface area contributed by atoms with Crippen LogP contribution in [0.4, 0.5) is 10.5 Å². The van der Waals surface area contributed by atoms with Crippen LogP contribution in [0.2, 0.25) is 5.02 Å². The zero-order valence-corrected chi connectivity index (χ0v) is 15.5. The molecule has 7 nitrogen and oxygen atoms in total. The van der Waals surface area contributed by atoms with Gasteiger partial charge in [0.25, 0.3) is 5.91 Å². The summed E-state index contributed by atoms with van der Waals surface area (Å²) in [6.45, 7) is 1.13. The van der Waals surface area contributed by atoms with E-state index in [-0.39, 0.29) is 0 Å². The first-order valence-electron chi connectivity index (χ1n) is 8.19. The maximum Gasteiger partial charge on any atom is 0.325 e. The highest BCUT2D eigenvalue weighted by Crippen LogP contribution is 2.33. The average molecular weight is 388 g/mol. The molecular weight excluding hydrogens is 370 g/mol. The van der Waals surface area contributed by atoms with E-state index in [9.17, 15) is 14.4 Å². The first kappa shape index (κ1) is 18.7. The van der Waals surface area contributed by atoms with Gasteiger partial charge in [-0.25, -0.2) is 4.79 Å². The van der Waals surface area contributed by atoms with Crippen LogP contribution < -0.4 is 15.4 Å². The maximum absolute atomic E-state index is 12.9. The SMILES string of the molecule is COc1ccccc1NC(=O)CN1C(=O)N[C@@](C)(c2ccccc2Cl)C1=O. The molecule has 2 aromatic rings. The number of carbonyl (C=O) groups excluding carboxylic acids is 3. The molecule has 1 saturated heterocycles. The van der Waals surface area contributed by atoms with Gasteiger partial charge < -0.3 is 15.4 Å². The summed E-state index contributed by atoms with van der Waals surface area (Å²) in [5, 5.41) is 5.63. The number of hydrogen-bond acceptors (Lipinski definition) is 4. The van der Waals surface area contributed by atoms with Crippen LogP contribution in [0.1, 0.15) is 12.5 Å². The summed E-state index contributed by atoms with van der Waals surface area (Å²) in [7, 11) is 1.48. The average Bonchev–Trinajstić information content (AvgIpc) is 2.86. The van der Waals surface area contributed by atoms with Crippen molar-refractivity contribution < 1.29 is 19.1 Å². The first-order chi connectivity index (χ1) is 12.9. The molecule has 1 atom stereocenters. The highest BCUT2D eigenvalue weighted by molar-refractivity contribution is 6.32. The Kier molecular flexibility index (Phi) is 5.05. The second kappa shape index (κ2) is 7.28. The fourth-order valence-corrected chi connectivity index (χ4v) is 3.30. The minimum atomic E-state index is -1.33. The zero-order chi connectivity index (χ0) is 19.6. The van der Waals surface area contributed by atoms with Crippen molar-refractivity contribution in [1.82, 2.24) is 10.2 Å². The third-order valence-corrected chi connectivity index (χ3v) is 4.70. The number of rotatable bonds is 5. The third-order valence-electron chi connectivity index (χ3n) is 4.37. The molecular formula is C19H18ClN3O4. The molecule has 140 valence electrons. The second-order valence-electron chi connectivity index (χ2n) is 6.17. The number of urea groups is 1. The summed E-state index contributed by atoms with van der Waals surface area (Å²) < 4.78 is 5.17. The fourth-order valence-electron chi connectivity index (χ4n) is 2.97. The molecule has 0 bridgehead atoms. The van der Waals surface area contributed by atoms with Gasteiger partial charge in [0.2, 0.25) is 5.91 Å². The number of anilines is 1. The molecule has 1 heterocycles. The van der Waals surface area contributed by atoms with Gasteiger partial charge in [-0.2, -0.15) is 0 Å². The molecule has 0 aliphatic carbocycles. The monoisotopic (exact) mass is 387 g/mol. The van der Waals surface area contributed by atoms with Crippen LogP contribution in [0.15, 0.2) is 48.5 Å². The van der Waals surface area contributed by atoms with Crippen LogP contribution in [0.3, 0.4) is 0 Å². The Hall–Kier alpha value is -3.06. The van der Waals surface area contributed by atoms with Crippen molar-refractivity contribution in [2.24, 2.45) is 0 Å². The number of carbonyl (C=O) groups is 3. The van der Waals surface area contributed by atoms with Crippen LogP contribution in [-0.4, -0.2) is 36.4 Å². The van der Waals surface area contributed by atoms with E-state index >= 15 is 0 Å². The van der Waals surface area contributed by atoms with Crippen molar-refractivity contribution in [3.05, 3.63) is 59.1 Å². The van der Waals surface area contributed by atoms with Crippen molar-refractivity contribution in [2.75, 3.05) is 19.0 Å². The van der Waals surface area contributed by atoms with E-state index < -0.39 is 29.9 Å². The Morgan fingerprint density at radius 1 is 1.19 bits per heavy atom. The summed E-state index contributed by atoms with van der Waals surface area (Å²) in [4.78, 5) is 38.5. The van der Waals surface area contributed by atoms with E-state index in [4.69, 9.17) is 16.3 Å². The topological polar surface area (TPSA) is 87.7 Å². The number of para-hydroxylation sites is 2. The molecule has 8 heteroatoms. The van der Waals surface area contributed by atoms with Gasteiger partial charge in [0, 0.05) is 10.6 Å². The number of imide groups is 1. The zero-order valence-electron chi connectivity index (χ0n) is 14.8. The minimum Gasteiger partial charge on any atom is -0.495 e. The highest BCUT2D eigenvalue weighted by atomic mass is 35.5. The first-order valence-corrected chi connectivity index (χ1v) is 8.56.